The molecule has 140 valence electrons. The quantitative estimate of drug-likeness (QED) is 0.725. The maximum Gasteiger partial charge on any atom is 0.332 e. The molecule has 0 aliphatic rings. The van der Waals surface area contributed by atoms with Crippen molar-refractivity contribution in [3.05, 3.63) is 20.8 Å². The SMILES string of the molecule is CC(C)Cn1c(NCCCOC(C)C)nc2c1c(=O)n(C)c(=O)n2C. The number of nitrogens with zero attached hydrogens (tertiary/aromatic N) is 4. The molecule has 0 unspecified atom stereocenters. The third-order valence-corrected chi connectivity index (χ3v) is 3.95. The summed E-state index contributed by atoms with van der Waals surface area (Å²) in [7, 11) is 3.13. The molecule has 0 spiro atoms. The van der Waals surface area contributed by atoms with Gasteiger partial charge in [-0.2, -0.15) is 4.98 Å². The highest BCUT2D eigenvalue weighted by Gasteiger charge is 2.19. The topological polar surface area (TPSA) is 83.1 Å². The summed E-state index contributed by atoms with van der Waals surface area (Å²) in [6, 6.07) is 0. The molecule has 2 heterocycles. The Balaban J connectivity index is 2.39. The second-order valence-corrected chi connectivity index (χ2v) is 7.02. The van der Waals surface area contributed by atoms with Crippen LogP contribution >= 0.6 is 0 Å². The molecule has 0 amide bonds. The first-order valence-electron chi connectivity index (χ1n) is 8.75. The summed E-state index contributed by atoms with van der Waals surface area (Å²) in [6.07, 6.45) is 1.04. The van der Waals surface area contributed by atoms with Crippen LogP contribution in [0.25, 0.3) is 11.2 Å². The van der Waals surface area contributed by atoms with Crippen LogP contribution in [-0.2, 0) is 25.4 Å². The van der Waals surface area contributed by atoms with Gasteiger partial charge in [-0.15, -0.1) is 0 Å². The lowest BCUT2D eigenvalue weighted by Gasteiger charge is -2.13. The number of imidazole rings is 1. The van der Waals surface area contributed by atoms with Gasteiger partial charge in [-0.3, -0.25) is 13.9 Å². The fraction of sp³-hybridized carbons (Fsp3) is 0.706. The van der Waals surface area contributed by atoms with Gasteiger partial charge in [-0.1, -0.05) is 13.8 Å². The minimum atomic E-state index is -0.372. The zero-order chi connectivity index (χ0) is 18.7. The molecule has 0 saturated carbocycles. The fourth-order valence-electron chi connectivity index (χ4n) is 2.72. The molecule has 1 N–H and O–H groups in total. The molecule has 0 bridgehead atoms. The number of aromatic nitrogens is 4. The Kier molecular flexibility index (Phi) is 6.05. The second-order valence-electron chi connectivity index (χ2n) is 7.02. The van der Waals surface area contributed by atoms with E-state index in [9.17, 15) is 9.59 Å². The van der Waals surface area contributed by atoms with Crippen molar-refractivity contribution in [3.8, 4) is 0 Å². The average Bonchev–Trinajstić information content (AvgIpc) is 2.88. The van der Waals surface area contributed by atoms with Gasteiger partial charge in [0.25, 0.3) is 5.56 Å². The van der Waals surface area contributed by atoms with Crippen molar-refractivity contribution in [1.29, 1.82) is 0 Å². The Bertz CT molecular complexity index is 845. The third kappa shape index (κ3) is 4.12. The first kappa shape index (κ1) is 19.2. The van der Waals surface area contributed by atoms with Gasteiger partial charge in [0.05, 0.1) is 6.10 Å². The van der Waals surface area contributed by atoms with Gasteiger partial charge >= 0.3 is 5.69 Å². The van der Waals surface area contributed by atoms with E-state index in [4.69, 9.17) is 4.74 Å². The van der Waals surface area contributed by atoms with E-state index in [2.05, 4.69) is 24.1 Å². The molecule has 8 heteroatoms. The van der Waals surface area contributed by atoms with Crippen molar-refractivity contribution in [1.82, 2.24) is 18.7 Å². The molecule has 25 heavy (non-hydrogen) atoms. The monoisotopic (exact) mass is 351 g/mol. The number of rotatable bonds is 8. The molecule has 8 nitrogen and oxygen atoms in total. The first-order chi connectivity index (χ1) is 11.7. The fourth-order valence-corrected chi connectivity index (χ4v) is 2.72. The summed E-state index contributed by atoms with van der Waals surface area (Å²) in [6.45, 7) is 10.2. The number of ether oxygens (including phenoxy) is 1. The molecule has 0 aliphatic carbocycles. The lowest BCUT2D eigenvalue weighted by atomic mass is 10.2. The predicted octanol–water partition coefficient (Wildman–Crippen LogP) is 1.32. The van der Waals surface area contributed by atoms with E-state index in [1.807, 2.05) is 18.4 Å². The molecular weight excluding hydrogens is 322 g/mol. The molecular formula is C17H29N5O3. The van der Waals surface area contributed by atoms with Crippen LogP contribution in [0.5, 0.6) is 0 Å². The van der Waals surface area contributed by atoms with Crippen LogP contribution in [0.15, 0.2) is 9.59 Å². The second kappa shape index (κ2) is 7.86. The smallest absolute Gasteiger partial charge is 0.332 e. The minimum Gasteiger partial charge on any atom is -0.379 e. The molecule has 0 atom stereocenters. The number of nitrogens with one attached hydrogen (secondary N) is 1. The molecule has 0 aliphatic heterocycles. The van der Waals surface area contributed by atoms with Crippen LogP contribution in [0.1, 0.15) is 34.1 Å². The lowest BCUT2D eigenvalue weighted by Crippen LogP contribution is -2.37. The maximum absolute atomic E-state index is 12.6. The van der Waals surface area contributed by atoms with E-state index < -0.39 is 0 Å². The minimum absolute atomic E-state index is 0.211. The highest BCUT2D eigenvalue weighted by molar-refractivity contribution is 5.74. The summed E-state index contributed by atoms with van der Waals surface area (Å²) in [5, 5.41) is 3.28. The van der Waals surface area contributed by atoms with Gasteiger partial charge in [0.15, 0.2) is 11.2 Å². The molecule has 0 aromatic carbocycles. The van der Waals surface area contributed by atoms with E-state index in [-0.39, 0.29) is 17.4 Å². The highest BCUT2D eigenvalue weighted by atomic mass is 16.5. The third-order valence-electron chi connectivity index (χ3n) is 3.95. The van der Waals surface area contributed by atoms with Crippen molar-refractivity contribution < 1.29 is 4.74 Å². The standard InChI is InChI=1S/C17H29N5O3/c1-11(2)10-22-13-14(20(5)17(24)21(6)15(13)23)19-16(22)18-8-7-9-25-12(3)4/h11-12H,7-10H2,1-6H3,(H,18,19). The van der Waals surface area contributed by atoms with Crippen LogP contribution in [0.4, 0.5) is 5.95 Å². The lowest BCUT2D eigenvalue weighted by molar-refractivity contribution is 0.0787. The van der Waals surface area contributed by atoms with E-state index in [0.29, 0.717) is 42.7 Å². The van der Waals surface area contributed by atoms with Crippen LogP contribution in [0.3, 0.4) is 0 Å². The maximum atomic E-state index is 12.6. The molecule has 2 rings (SSSR count). The van der Waals surface area contributed by atoms with E-state index in [1.54, 1.807) is 7.05 Å². The summed E-state index contributed by atoms with van der Waals surface area (Å²) in [5.41, 5.74) is 0.180. The molecule has 2 aromatic heterocycles. The van der Waals surface area contributed by atoms with Gasteiger partial charge in [0.2, 0.25) is 5.95 Å². The zero-order valence-electron chi connectivity index (χ0n) is 16.0. The van der Waals surface area contributed by atoms with Gasteiger partial charge in [-0.25, -0.2) is 4.79 Å². The normalized spacial score (nSPS) is 11.8. The Morgan fingerprint density at radius 1 is 1.12 bits per heavy atom. The van der Waals surface area contributed by atoms with E-state index in [0.717, 1.165) is 11.0 Å². The average molecular weight is 351 g/mol. The Hall–Kier alpha value is -2.09. The van der Waals surface area contributed by atoms with Crippen molar-refractivity contribution in [2.45, 2.75) is 46.8 Å². The van der Waals surface area contributed by atoms with Crippen molar-refractivity contribution >= 4 is 17.1 Å². The zero-order valence-corrected chi connectivity index (χ0v) is 16.0. The Morgan fingerprint density at radius 3 is 2.40 bits per heavy atom. The van der Waals surface area contributed by atoms with Gasteiger partial charge in [0, 0.05) is 33.8 Å². The van der Waals surface area contributed by atoms with Crippen LogP contribution in [-0.4, -0.2) is 37.9 Å². The molecule has 0 fully saturated rings. The van der Waals surface area contributed by atoms with E-state index >= 15 is 0 Å². The number of fused-ring (bicyclic) bond motifs is 1. The van der Waals surface area contributed by atoms with Crippen LogP contribution in [0, 0.1) is 5.92 Å². The van der Waals surface area contributed by atoms with Crippen molar-refractivity contribution in [2.24, 2.45) is 20.0 Å². The summed E-state index contributed by atoms with van der Waals surface area (Å²) in [5.74, 6) is 0.954. The number of anilines is 1. The largest absolute Gasteiger partial charge is 0.379 e. The van der Waals surface area contributed by atoms with Crippen molar-refractivity contribution in [3.63, 3.8) is 0 Å². The summed E-state index contributed by atoms with van der Waals surface area (Å²) >= 11 is 0. The number of hydrogen-bond acceptors (Lipinski definition) is 5. The predicted molar refractivity (Wildman–Crippen MR) is 99.2 cm³/mol. The molecule has 0 radical (unpaired) electrons. The first-order valence-corrected chi connectivity index (χ1v) is 8.75. The summed E-state index contributed by atoms with van der Waals surface area (Å²) < 4.78 is 9.96. The summed E-state index contributed by atoms with van der Waals surface area (Å²) in [4.78, 5) is 29.3. The Morgan fingerprint density at radius 2 is 1.80 bits per heavy atom. The van der Waals surface area contributed by atoms with Crippen LogP contribution in [0.2, 0.25) is 0 Å². The number of hydrogen-bond donors (Lipinski definition) is 1. The highest BCUT2D eigenvalue weighted by Crippen LogP contribution is 2.17. The van der Waals surface area contributed by atoms with Crippen LogP contribution < -0.4 is 16.6 Å². The van der Waals surface area contributed by atoms with Gasteiger partial charge < -0.3 is 14.6 Å². The van der Waals surface area contributed by atoms with Gasteiger partial charge in [-0.05, 0) is 26.2 Å². The van der Waals surface area contributed by atoms with Gasteiger partial charge in [0.1, 0.15) is 0 Å². The van der Waals surface area contributed by atoms with E-state index in [1.165, 1.54) is 11.6 Å². The molecule has 2 aromatic rings. The Labute approximate surface area is 147 Å². The molecule has 0 saturated heterocycles. The number of aryl methyl sites for hydroxylation is 1. The van der Waals surface area contributed by atoms with Crippen molar-refractivity contribution in [2.75, 3.05) is 18.5 Å².